The van der Waals surface area contributed by atoms with Crippen molar-refractivity contribution in [1.82, 2.24) is 4.31 Å². The lowest BCUT2D eigenvalue weighted by Gasteiger charge is -2.19. The Morgan fingerprint density at radius 3 is 2.32 bits per heavy atom. The number of nitrogens with one attached hydrogen (secondary N) is 1. The molecule has 2 aromatic rings. The van der Waals surface area contributed by atoms with Crippen molar-refractivity contribution in [2.24, 2.45) is 0 Å². The minimum absolute atomic E-state index is 0.00868. The van der Waals surface area contributed by atoms with Gasteiger partial charge in [0.05, 0.1) is 6.61 Å². The summed E-state index contributed by atoms with van der Waals surface area (Å²) in [4.78, 5) is 12.6. The van der Waals surface area contributed by atoms with Crippen LogP contribution in [-0.4, -0.2) is 45.4 Å². The predicted octanol–water partition coefficient (Wildman–Crippen LogP) is 4.17. The van der Waals surface area contributed by atoms with Crippen molar-refractivity contribution in [1.29, 1.82) is 0 Å². The number of ether oxygens (including phenoxy) is 2. The average Bonchev–Trinajstić information content (AvgIpc) is 2.68. The second kappa shape index (κ2) is 10.2. The lowest BCUT2D eigenvalue weighted by atomic mass is 9.98. The molecule has 1 amide bonds. The van der Waals surface area contributed by atoms with Crippen molar-refractivity contribution in [2.75, 3.05) is 26.0 Å². The predicted molar refractivity (Wildman–Crippen MR) is 122 cm³/mol. The Hall–Kier alpha value is -2.58. The molecule has 2 aromatic carbocycles. The highest BCUT2D eigenvalue weighted by atomic mass is 32.2. The molecule has 2 rings (SSSR count). The molecule has 0 spiro atoms. The molecule has 0 radical (unpaired) electrons. The van der Waals surface area contributed by atoms with Crippen molar-refractivity contribution in [2.45, 2.75) is 51.5 Å². The number of aryl methyl sites for hydroxylation is 1. The van der Waals surface area contributed by atoms with Gasteiger partial charge in [-0.25, -0.2) is 12.7 Å². The van der Waals surface area contributed by atoms with Crippen LogP contribution in [0, 0.1) is 6.92 Å². The first kappa shape index (κ1) is 24.7. The molecule has 0 aromatic heterocycles. The number of nitrogens with zero attached hydrogens (tertiary/aromatic N) is 1. The lowest BCUT2D eigenvalue weighted by molar-refractivity contribution is -0.122. The lowest BCUT2D eigenvalue weighted by Crippen LogP contribution is -2.30. The van der Waals surface area contributed by atoms with E-state index < -0.39 is 16.1 Å². The molecule has 0 saturated heterocycles. The van der Waals surface area contributed by atoms with Crippen molar-refractivity contribution >= 4 is 21.6 Å². The molecule has 7 nitrogen and oxygen atoms in total. The van der Waals surface area contributed by atoms with Gasteiger partial charge in [0.1, 0.15) is 16.4 Å². The molecular weight excluding hydrogens is 416 g/mol. The fourth-order valence-electron chi connectivity index (χ4n) is 3.13. The van der Waals surface area contributed by atoms with Crippen molar-refractivity contribution in [3.05, 3.63) is 47.5 Å². The van der Waals surface area contributed by atoms with E-state index in [1.165, 1.54) is 31.8 Å². The smallest absolute Gasteiger partial charge is 0.265 e. The zero-order valence-electron chi connectivity index (χ0n) is 19.2. The molecule has 31 heavy (non-hydrogen) atoms. The number of hydrogen-bond donors (Lipinski definition) is 1. The van der Waals surface area contributed by atoms with Gasteiger partial charge in [-0.05, 0) is 68.1 Å². The number of carbonyl (C=O) groups excluding carboxylic acids is 1. The van der Waals surface area contributed by atoms with Crippen molar-refractivity contribution < 1.29 is 22.7 Å². The summed E-state index contributed by atoms with van der Waals surface area (Å²) in [5, 5.41) is 2.72. The maximum atomic E-state index is 12.7. The third-order valence-electron chi connectivity index (χ3n) is 4.82. The van der Waals surface area contributed by atoms with Crippen LogP contribution in [0.25, 0.3) is 0 Å². The summed E-state index contributed by atoms with van der Waals surface area (Å²) in [7, 11) is -0.861. The van der Waals surface area contributed by atoms with Crippen LogP contribution in [-0.2, 0) is 14.8 Å². The van der Waals surface area contributed by atoms with Crippen LogP contribution >= 0.6 is 0 Å². The van der Waals surface area contributed by atoms with Gasteiger partial charge in [0.15, 0.2) is 6.10 Å². The molecular formula is C23H32N2O5S. The molecule has 1 atom stereocenters. The summed E-state index contributed by atoms with van der Waals surface area (Å²) in [5.74, 6) is 0.858. The first-order valence-corrected chi connectivity index (χ1v) is 11.7. The van der Waals surface area contributed by atoms with Crippen LogP contribution in [0.15, 0.2) is 41.3 Å². The van der Waals surface area contributed by atoms with Crippen molar-refractivity contribution in [3.8, 4) is 11.5 Å². The van der Waals surface area contributed by atoms with Gasteiger partial charge in [0.25, 0.3) is 5.91 Å². The number of anilines is 1. The van der Waals surface area contributed by atoms with Crippen LogP contribution in [0.5, 0.6) is 11.5 Å². The second-order valence-corrected chi connectivity index (χ2v) is 9.92. The number of hydrogen-bond acceptors (Lipinski definition) is 5. The zero-order chi connectivity index (χ0) is 23.3. The van der Waals surface area contributed by atoms with Crippen LogP contribution in [0.3, 0.4) is 0 Å². The van der Waals surface area contributed by atoms with E-state index in [-0.39, 0.29) is 16.6 Å². The van der Waals surface area contributed by atoms with E-state index in [9.17, 15) is 13.2 Å². The Kier molecular flexibility index (Phi) is 8.08. The third-order valence-corrected chi connectivity index (χ3v) is 6.65. The normalized spacial score (nSPS) is 12.7. The summed E-state index contributed by atoms with van der Waals surface area (Å²) >= 11 is 0. The van der Waals surface area contributed by atoms with Gasteiger partial charge in [-0.2, -0.15) is 0 Å². The van der Waals surface area contributed by atoms with Gasteiger partial charge in [0, 0.05) is 19.8 Å². The fourth-order valence-corrected chi connectivity index (χ4v) is 4.18. The summed E-state index contributed by atoms with van der Waals surface area (Å²) < 4.78 is 37.7. The van der Waals surface area contributed by atoms with Gasteiger partial charge in [-0.3, -0.25) is 4.79 Å². The minimum Gasteiger partial charge on any atom is -0.492 e. The van der Waals surface area contributed by atoms with Gasteiger partial charge in [-0.15, -0.1) is 0 Å². The van der Waals surface area contributed by atoms with Gasteiger partial charge in [-0.1, -0.05) is 19.9 Å². The highest BCUT2D eigenvalue weighted by molar-refractivity contribution is 7.89. The quantitative estimate of drug-likeness (QED) is 0.622. The van der Waals surface area contributed by atoms with Crippen LogP contribution in [0.4, 0.5) is 5.69 Å². The average molecular weight is 449 g/mol. The zero-order valence-corrected chi connectivity index (χ0v) is 20.0. The number of amides is 1. The topological polar surface area (TPSA) is 84.9 Å². The Morgan fingerprint density at radius 2 is 1.77 bits per heavy atom. The summed E-state index contributed by atoms with van der Waals surface area (Å²) in [5.41, 5.74) is 2.68. The fraction of sp³-hybridized carbons (Fsp3) is 0.435. The first-order valence-electron chi connectivity index (χ1n) is 10.2. The van der Waals surface area contributed by atoms with Gasteiger partial charge < -0.3 is 14.8 Å². The number of sulfonamides is 1. The molecule has 0 aliphatic rings. The minimum atomic E-state index is -3.75. The van der Waals surface area contributed by atoms with Gasteiger partial charge >= 0.3 is 0 Å². The molecule has 0 aliphatic carbocycles. The Morgan fingerprint density at radius 1 is 1.10 bits per heavy atom. The van der Waals surface area contributed by atoms with Gasteiger partial charge in [0.2, 0.25) is 10.0 Å². The molecule has 0 bridgehead atoms. The van der Waals surface area contributed by atoms with Crippen LogP contribution in [0.1, 0.15) is 44.7 Å². The molecule has 0 fully saturated rings. The second-order valence-electron chi connectivity index (χ2n) is 7.80. The van der Waals surface area contributed by atoms with Crippen LogP contribution < -0.4 is 14.8 Å². The molecule has 0 aliphatic heterocycles. The summed E-state index contributed by atoms with van der Waals surface area (Å²) in [6.45, 7) is 10.0. The summed E-state index contributed by atoms with van der Waals surface area (Å²) in [6.07, 6.45) is -0.773. The molecule has 0 heterocycles. The standard InChI is InChI=1S/C23H32N2O5S/c1-8-29-21-12-9-18(14-22(21)31(27,28)25(6)7)24-23(26)17(5)30-19-10-11-20(15(2)3)16(4)13-19/h9-15,17H,8H2,1-7H3,(H,24,26). The maximum Gasteiger partial charge on any atom is 0.265 e. The van der Waals surface area contributed by atoms with Crippen molar-refractivity contribution in [3.63, 3.8) is 0 Å². The van der Waals surface area contributed by atoms with Crippen LogP contribution in [0.2, 0.25) is 0 Å². The Labute approximate surface area is 185 Å². The van der Waals surface area contributed by atoms with E-state index in [0.29, 0.717) is 24.0 Å². The largest absolute Gasteiger partial charge is 0.492 e. The Bertz CT molecular complexity index is 1030. The Balaban J connectivity index is 2.20. The monoisotopic (exact) mass is 448 g/mol. The maximum absolute atomic E-state index is 12.7. The van der Waals surface area contributed by atoms with E-state index in [4.69, 9.17) is 9.47 Å². The third kappa shape index (κ3) is 5.98. The van der Waals surface area contributed by atoms with E-state index in [0.717, 1.165) is 9.87 Å². The van der Waals surface area contributed by atoms with E-state index in [1.807, 2.05) is 25.1 Å². The highest BCUT2D eigenvalue weighted by Gasteiger charge is 2.24. The first-order chi connectivity index (χ1) is 14.5. The molecule has 0 saturated carbocycles. The van der Waals surface area contributed by atoms with E-state index in [2.05, 4.69) is 19.2 Å². The molecule has 1 N–H and O–H groups in total. The number of carbonyl (C=O) groups is 1. The summed E-state index contributed by atoms with van der Waals surface area (Å²) in [6, 6.07) is 10.3. The number of benzene rings is 2. The van der Waals surface area contributed by atoms with E-state index >= 15 is 0 Å². The number of rotatable bonds is 9. The SMILES string of the molecule is CCOc1ccc(NC(=O)C(C)Oc2ccc(C(C)C)c(C)c2)cc1S(=O)(=O)N(C)C. The molecule has 8 heteroatoms. The molecule has 1 unspecified atom stereocenters. The highest BCUT2D eigenvalue weighted by Crippen LogP contribution is 2.29. The molecule has 170 valence electrons. The van der Waals surface area contributed by atoms with E-state index in [1.54, 1.807) is 19.9 Å².